The molecule has 0 bridgehead atoms. The van der Waals surface area contributed by atoms with E-state index in [0.29, 0.717) is 6.54 Å². The highest BCUT2D eigenvalue weighted by Crippen LogP contribution is 2.21. The number of carboxylic acids is 1. The molecule has 110 valence electrons. The number of hydrogen-bond acceptors (Lipinski definition) is 4. The summed E-state index contributed by atoms with van der Waals surface area (Å²) >= 11 is 4.83. The van der Waals surface area contributed by atoms with E-state index >= 15 is 0 Å². The number of halogens is 1. The Hall–Kier alpha value is -1.41. The van der Waals surface area contributed by atoms with Gasteiger partial charge in [0.05, 0.1) is 6.54 Å². The maximum Gasteiger partial charge on any atom is 0.321 e. The number of rotatable bonds is 6. The molecule has 1 aromatic rings. The molecule has 0 aliphatic carbocycles. The molecule has 0 aliphatic rings. The average molecular weight is 363 g/mol. The number of carboxylic acid groups (broad SMARTS) is 1. The van der Waals surface area contributed by atoms with Crippen molar-refractivity contribution in [2.24, 2.45) is 5.92 Å². The molecule has 1 rings (SSSR count). The van der Waals surface area contributed by atoms with E-state index in [1.54, 1.807) is 6.92 Å². The van der Waals surface area contributed by atoms with Crippen LogP contribution in [0.3, 0.4) is 0 Å². The molecule has 6 nitrogen and oxygen atoms in total. The zero-order chi connectivity index (χ0) is 15.1. The van der Waals surface area contributed by atoms with Crippen molar-refractivity contribution in [2.45, 2.75) is 26.3 Å². The highest BCUT2D eigenvalue weighted by atomic mass is 79.9. The third kappa shape index (κ3) is 6.16. The highest BCUT2D eigenvalue weighted by molar-refractivity contribution is 9.10. The molecule has 3 amide bonds. The number of imide groups is 1. The number of urea groups is 1. The largest absolute Gasteiger partial charge is 0.481 e. The maximum absolute atomic E-state index is 11.5. The summed E-state index contributed by atoms with van der Waals surface area (Å²) in [5.41, 5.74) is 0. The third-order valence-corrected chi connectivity index (χ3v) is 4.34. The first-order valence-corrected chi connectivity index (χ1v) is 7.57. The fourth-order valence-electron chi connectivity index (χ4n) is 1.52. The fourth-order valence-corrected chi connectivity index (χ4v) is 2.95. The van der Waals surface area contributed by atoms with Crippen LogP contribution in [0.15, 0.2) is 15.9 Å². The van der Waals surface area contributed by atoms with Gasteiger partial charge < -0.3 is 10.4 Å². The lowest BCUT2D eigenvalue weighted by Gasteiger charge is -2.09. The number of carbonyl (C=O) groups is 3. The molecular formula is C12H15BrN2O4S. The molecular weight excluding hydrogens is 348 g/mol. The Kier molecular flexibility index (Phi) is 6.66. The molecule has 0 spiro atoms. The van der Waals surface area contributed by atoms with Crippen LogP contribution < -0.4 is 10.6 Å². The van der Waals surface area contributed by atoms with Gasteiger partial charge in [0, 0.05) is 22.2 Å². The van der Waals surface area contributed by atoms with Crippen LogP contribution in [0, 0.1) is 5.92 Å². The summed E-state index contributed by atoms with van der Waals surface area (Å²) in [6, 6.07) is 1.29. The normalized spacial score (nSPS) is 11.7. The van der Waals surface area contributed by atoms with Gasteiger partial charge in [-0.2, -0.15) is 0 Å². The second-order valence-corrected chi connectivity index (χ2v) is 6.18. The molecule has 1 unspecified atom stereocenters. The molecule has 0 fully saturated rings. The van der Waals surface area contributed by atoms with Gasteiger partial charge in [-0.25, -0.2) is 4.79 Å². The predicted molar refractivity (Wildman–Crippen MR) is 78.4 cm³/mol. The summed E-state index contributed by atoms with van der Waals surface area (Å²) in [5.74, 6) is -1.76. The Morgan fingerprint density at radius 3 is 2.65 bits per heavy atom. The minimum atomic E-state index is -0.961. The lowest BCUT2D eigenvalue weighted by atomic mass is 10.0. The molecule has 20 heavy (non-hydrogen) atoms. The number of nitrogens with one attached hydrogen (secondary N) is 2. The number of thiophene rings is 1. The standard InChI is InChI=1S/C12H15BrN2O4S/c1-7(5-11(17)18)4-10(16)15-12(19)14-6-9-8(13)2-3-20-9/h2-3,7H,4-6H2,1H3,(H,17,18)(H2,14,15,16,19). The van der Waals surface area contributed by atoms with Crippen LogP contribution >= 0.6 is 27.3 Å². The van der Waals surface area contributed by atoms with Crippen LogP contribution in [-0.4, -0.2) is 23.0 Å². The zero-order valence-electron chi connectivity index (χ0n) is 10.8. The van der Waals surface area contributed by atoms with Gasteiger partial charge in [0.2, 0.25) is 5.91 Å². The Labute approximate surface area is 128 Å². The maximum atomic E-state index is 11.5. The first kappa shape index (κ1) is 16.6. The molecule has 0 saturated heterocycles. The lowest BCUT2D eigenvalue weighted by molar-refractivity contribution is -0.138. The van der Waals surface area contributed by atoms with E-state index in [4.69, 9.17) is 5.11 Å². The van der Waals surface area contributed by atoms with Gasteiger partial charge in [-0.1, -0.05) is 6.92 Å². The first-order valence-electron chi connectivity index (χ1n) is 5.89. The van der Waals surface area contributed by atoms with Crippen LogP contribution in [0.4, 0.5) is 4.79 Å². The van der Waals surface area contributed by atoms with Crippen LogP contribution in [0.5, 0.6) is 0 Å². The van der Waals surface area contributed by atoms with E-state index < -0.39 is 17.9 Å². The fraction of sp³-hybridized carbons (Fsp3) is 0.417. The number of carbonyl (C=O) groups excluding carboxylic acids is 2. The summed E-state index contributed by atoms with van der Waals surface area (Å²) in [6.45, 7) is 1.97. The summed E-state index contributed by atoms with van der Waals surface area (Å²) in [5, 5.41) is 15.2. The Bertz CT molecular complexity index is 503. The molecule has 0 saturated carbocycles. The minimum absolute atomic E-state index is 0.00240. The van der Waals surface area contributed by atoms with Gasteiger partial charge in [0.1, 0.15) is 0 Å². The van der Waals surface area contributed by atoms with Crippen LogP contribution in [0.25, 0.3) is 0 Å². The van der Waals surface area contributed by atoms with E-state index in [1.165, 1.54) is 11.3 Å². The zero-order valence-corrected chi connectivity index (χ0v) is 13.2. The molecule has 1 atom stereocenters. The van der Waals surface area contributed by atoms with Gasteiger partial charge in [0.25, 0.3) is 0 Å². The van der Waals surface area contributed by atoms with Crippen molar-refractivity contribution in [1.82, 2.24) is 10.6 Å². The number of aliphatic carboxylic acids is 1. The number of amides is 3. The molecule has 3 N–H and O–H groups in total. The second-order valence-electron chi connectivity index (χ2n) is 4.33. The third-order valence-electron chi connectivity index (χ3n) is 2.41. The Morgan fingerprint density at radius 2 is 2.10 bits per heavy atom. The summed E-state index contributed by atoms with van der Waals surface area (Å²) in [7, 11) is 0. The number of hydrogen-bond donors (Lipinski definition) is 3. The molecule has 1 aromatic heterocycles. The van der Waals surface area contributed by atoms with Gasteiger partial charge in [-0.3, -0.25) is 14.9 Å². The van der Waals surface area contributed by atoms with Gasteiger partial charge >= 0.3 is 12.0 Å². The second kappa shape index (κ2) is 8.01. The van der Waals surface area contributed by atoms with Crippen molar-refractivity contribution >= 4 is 45.2 Å². The Morgan fingerprint density at radius 1 is 1.40 bits per heavy atom. The highest BCUT2D eigenvalue weighted by Gasteiger charge is 2.14. The van der Waals surface area contributed by atoms with Crippen molar-refractivity contribution in [1.29, 1.82) is 0 Å². The van der Waals surface area contributed by atoms with E-state index in [9.17, 15) is 14.4 Å². The lowest BCUT2D eigenvalue weighted by Crippen LogP contribution is -2.39. The van der Waals surface area contributed by atoms with Crippen LogP contribution in [-0.2, 0) is 16.1 Å². The summed E-state index contributed by atoms with van der Waals surface area (Å²) < 4.78 is 0.907. The summed E-state index contributed by atoms with van der Waals surface area (Å²) in [6.07, 6.45) is -0.0976. The minimum Gasteiger partial charge on any atom is -0.481 e. The van der Waals surface area contributed by atoms with Crippen molar-refractivity contribution in [3.63, 3.8) is 0 Å². The van der Waals surface area contributed by atoms with E-state index in [-0.39, 0.29) is 18.8 Å². The molecule has 8 heteroatoms. The van der Waals surface area contributed by atoms with E-state index in [1.807, 2.05) is 11.4 Å². The van der Waals surface area contributed by atoms with E-state index in [2.05, 4.69) is 26.6 Å². The molecule has 0 aliphatic heterocycles. The van der Waals surface area contributed by atoms with Crippen molar-refractivity contribution in [3.8, 4) is 0 Å². The van der Waals surface area contributed by atoms with E-state index in [0.717, 1.165) is 9.35 Å². The van der Waals surface area contributed by atoms with Gasteiger partial charge in [0.15, 0.2) is 0 Å². The Balaban J connectivity index is 2.29. The molecule has 1 heterocycles. The average Bonchev–Trinajstić information content (AvgIpc) is 2.70. The molecule has 0 radical (unpaired) electrons. The van der Waals surface area contributed by atoms with Crippen LogP contribution in [0.2, 0.25) is 0 Å². The van der Waals surface area contributed by atoms with Crippen molar-refractivity contribution in [2.75, 3.05) is 0 Å². The van der Waals surface area contributed by atoms with Crippen LogP contribution in [0.1, 0.15) is 24.6 Å². The SMILES string of the molecule is CC(CC(=O)O)CC(=O)NC(=O)NCc1sccc1Br. The van der Waals surface area contributed by atoms with Gasteiger partial charge in [-0.05, 0) is 33.3 Å². The molecule has 0 aromatic carbocycles. The van der Waals surface area contributed by atoms with Gasteiger partial charge in [-0.15, -0.1) is 11.3 Å². The van der Waals surface area contributed by atoms with Crippen molar-refractivity contribution < 1.29 is 19.5 Å². The quantitative estimate of drug-likeness (QED) is 0.723. The predicted octanol–water partition coefficient (Wildman–Crippen LogP) is 2.34. The van der Waals surface area contributed by atoms with Crippen molar-refractivity contribution in [3.05, 3.63) is 20.8 Å². The first-order chi connectivity index (χ1) is 9.38. The smallest absolute Gasteiger partial charge is 0.321 e. The summed E-state index contributed by atoms with van der Waals surface area (Å²) in [4.78, 5) is 34.4. The topological polar surface area (TPSA) is 95.5 Å². The monoisotopic (exact) mass is 362 g/mol.